The van der Waals surface area contributed by atoms with Crippen LogP contribution in [0.2, 0.25) is 19.6 Å². The zero-order valence-electron chi connectivity index (χ0n) is 19.7. The summed E-state index contributed by atoms with van der Waals surface area (Å²) in [6.45, 7) is 5.67. The second-order valence-corrected chi connectivity index (χ2v) is 14.4. The molecule has 1 N–H and O–H groups in total. The molecule has 0 saturated heterocycles. The Hall–Kier alpha value is -3.14. The van der Waals surface area contributed by atoms with Gasteiger partial charge in [0, 0.05) is 42.6 Å². The van der Waals surface area contributed by atoms with Crippen molar-refractivity contribution < 1.29 is 33.0 Å². The molecule has 34 heavy (non-hydrogen) atoms. The van der Waals surface area contributed by atoms with E-state index in [4.69, 9.17) is 9.84 Å². The first kappa shape index (κ1) is 25.5. The first-order chi connectivity index (χ1) is 15.9. The largest absolute Gasteiger partial charge is 0.481 e. The molecule has 7 nitrogen and oxygen atoms in total. The summed E-state index contributed by atoms with van der Waals surface area (Å²) in [4.78, 5) is 42.9. The number of halogens is 2. The van der Waals surface area contributed by atoms with E-state index in [2.05, 4.69) is 4.98 Å². The standard InChI is InChI=1S/C24H28F2N2O5Si/c1-33-20-6-5-15-18(27-20)9-10-28(21(30)7-8-22(31)32)23(15)19(29)13-14-11-16(25)24(17(26)12-14)34(2,3)4/h5-6,11-12,23H,7-10,13H2,1-4H3,(H,31,32)/t23-/m1/s1. The van der Waals surface area contributed by atoms with Gasteiger partial charge in [-0.25, -0.2) is 13.8 Å². The Labute approximate surface area is 197 Å². The lowest BCUT2D eigenvalue weighted by atomic mass is 9.90. The molecule has 1 atom stereocenters. The molecule has 0 radical (unpaired) electrons. The number of pyridine rings is 1. The number of amides is 1. The monoisotopic (exact) mass is 490 g/mol. The number of carboxylic acid groups (broad SMARTS) is 1. The minimum absolute atomic E-state index is 0.0773. The lowest BCUT2D eigenvalue weighted by Crippen LogP contribution is -2.44. The van der Waals surface area contributed by atoms with Crippen molar-refractivity contribution in [2.75, 3.05) is 13.7 Å². The van der Waals surface area contributed by atoms with Gasteiger partial charge >= 0.3 is 5.97 Å². The number of hydrogen-bond acceptors (Lipinski definition) is 5. The molecule has 0 aliphatic carbocycles. The summed E-state index contributed by atoms with van der Waals surface area (Å²) >= 11 is 0. The highest BCUT2D eigenvalue weighted by molar-refractivity contribution is 6.88. The highest BCUT2D eigenvalue weighted by Gasteiger charge is 2.37. The summed E-state index contributed by atoms with van der Waals surface area (Å²) in [5.41, 5.74) is 1.26. The van der Waals surface area contributed by atoms with E-state index in [-0.39, 0.29) is 36.6 Å². The van der Waals surface area contributed by atoms with Gasteiger partial charge in [-0.2, -0.15) is 0 Å². The molecule has 182 valence electrons. The van der Waals surface area contributed by atoms with Crippen LogP contribution in [0.5, 0.6) is 5.88 Å². The van der Waals surface area contributed by atoms with Gasteiger partial charge in [-0.15, -0.1) is 0 Å². The number of ketones is 1. The van der Waals surface area contributed by atoms with Crippen molar-refractivity contribution >= 4 is 30.9 Å². The summed E-state index contributed by atoms with van der Waals surface area (Å²) in [7, 11) is -0.807. The number of ether oxygens (including phenoxy) is 1. The number of benzene rings is 1. The van der Waals surface area contributed by atoms with Crippen molar-refractivity contribution in [3.63, 3.8) is 0 Å². The third kappa shape index (κ3) is 5.49. The van der Waals surface area contributed by atoms with Gasteiger partial charge in [-0.3, -0.25) is 14.4 Å². The van der Waals surface area contributed by atoms with Crippen LogP contribution in [0.3, 0.4) is 0 Å². The summed E-state index contributed by atoms with van der Waals surface area (Å²) in [6.07, 6.45) is -0.549. The molecule has 0 bridgehead atoms. The van der Waals surface area contributed by atoms with E-state index in [0.29, 0.717) is 23.6 Å². The van der Waals surface area contributed by atoms with Crippen LogP contribution in [0.15, 0.2) is 24.3 Å². The first-order valence-corrected chi connectivity index (χ1v) is 14.5. The number of carboxylic acids is 1. The van der Waals surface area contributed by atoms with Crippen molar-refractivity contribution in [3.8, 4) is 5.88 Å². The Bertz CT molecular complexity index is 1110. The fourth-order valence-electron chi connectivity index (χ4n) is 4.29. The van der Waals surface area contributed by atoms with Gasteiger partial charge in [0.15, 0.2) is 5.78 Å². The predicted molar refractivity (Wildman–Crippen MR) is 124 cm³/mol. The van der Waals surface area contributed by atoms with Gasteiger partial charge in [-0.1, -0.05) is 19.6 Å². The topological polar surface area (TPSA) is 96.8 Å². The number of hydrogen-bond donors (Lipinski definition) is 1. The number of aromatic nitrogens is 1. The molecular weight excluding hydrogens is 462 g/mol. The second kappa shape index (κ2) is 10.0. The Morgan fingerprint density at radius 2 is 1.79 bits per heavy atom. The maximum atomic E-state index is 14.7. The normalized spacial score (nSPS) is 15.6. The van der Waals surface area contributed by atoms with Crippen LogP contribution in [-0.2, 0) is 27.2 Å². The lowest BCUT2D eigenvalue weighted by molar-refractivity contribution is -0.144. The number of methoxy groups -OCH3 is 1. The molecule has 0 fully saturated rings. The minimum atomic E-state index is -2.27. The van der Waals surface area contributed by atoms with Gasteiger partial charge in [0.1, 0.15) is 17.7 Å². The minimum Gasteiger partial charge on any atom is -0.481 e. The van der Waals surface area contributed by atoms with Crippen molar-refractivity contribution in [1.82, 2.24) is 9.88 Å². The van der Waals surface area contributed by atoms with Crippen LogP contribution in [0, 0.1) is 11.6 Å². The number of carbonyl (C=O) groups excluding carboxylic acids is 2. The molecule has 0 unspecified atom stereocenters. The molecule has 2 aromatic rings. The van der Waals surface area contributed by atoms with E-state index in [1.165, 1.54) is 24.1 Å². The highest BCUT2D eigenvalue weighted by atomic mass is 28.3. The molecule has 0 spiro atoms. The van der Waals surface area contributed by atoms with Crippen LogP contribution in [0.1, 0.15) is 35.7 Å². The van der Waals surface area contributed by atoms with Crippen molar-refractivity contribution in [1.29, 1.82) is 0 Å². The smallest absolute Gasteiger partial charge is 0.303 e. The van der Waals surface area contributed by atoms with Crippen molar-refractivity contribution in [3.05, 3.63) is 52.7 Å². The molecule has 1 aromatic carbocycles. The van der Waals surface area contributed by atoms with Gasteiger partial charge in [0.05, 0.1) is 27.3 Å². The number of carbonyl (C=O) groups is 3. The summed E-state index contributed by atoms with van der Waals surface area (Å²) in [5, 5.41) is 9.03. The molecular formula is C24H28F2N2O5Si. The van der Waals surface area contributed by atoms with E-state index in [9.17, 15) is 23.2 Å². The average molecular weight is 491 g/mol. The number of Topliss-reactive ketones (excluding diaryl/α,β-unsaturated/α-hetero) is 1. The Kier molecular flexibility index (Phi) is 7.50. The third-order valence-electron chi connectivity index (χ3n) is 5.80. The van der Waals surface area contributed by atoms with E-state index in [1.807, 2.05) is 19.6 Å². The first-order valence-electron chi connectivity index (χ1n) is 11.0. The molecule has 3 rings (SSSR count). The SMILES string of the molecule is COc1ccc2c(n1)CCN(C(=O)CCC(=O)O)[C@H]2C(=O)Cc1cc(F)c([Si](C)(C)C)c(F)c1. The van der Waals surface area contributed by atoms with E-state index >= 15 is 0 Å². The Morgan fingerprint density at radius 3 is 2.35 bits per heavy atom. The van der Waals surface area contributed by atoms with Gasteiger partial charge in [0.25, 0.3) is 0 Å². The van der Waals surface area contributed by atoms with Crippen LogP contribution in [-0.4, -0.2) is 54.4 Å². The number of rotatable bonds is 8. The molecule has 1 aliphatic rings. The van der Waals surface area contributed by atoms with Crippen molar-refractivity contribution in [2.45, 2.75) is 51.4 Å². The maximum Gasteiger partial charge on any atom is 0.303 e. The summed E-state index contributed by atoms with van der Waals surface area (Å²) < 4.78 is 34.6. The van der Waals surface area contributed by atoms with E-state index < -0.39 is 43.4 Å². The Balaban J connectivity index is 1.96. The zero-order valence-corrected chi connectivity index (χ0v) is 20.7. The highest BCUT2D eigenvalue weighted by Crippen LogP contribution is 2.32. The Morgan fingerprint density at radius 1 is 1.15 bits per heavy atom. The number of fused-ring (bicyclic) bond motifs is 1. The molecule has 1 aliphatic heterocycles. The molecule has 0 saturated carbocycles. The van der Waals surface area contributed by atoms with E-state index in [1.54, 1.807) is 12.1 Å². The average Bonchev–Trinajstić information content (AvgIpc) is 2.74. The number of nitrogens with zero attached hydrogens (tertiary/aromatic N) is 2. The zero-order chi connectivity index (χ0) is 25.2. The fraction of sp³-hybridized carbons (Fsp3) is 0.417. The van der Waals surface area contributed by atoms with Crippen LogP contribution < -0.4 is 9.92 Å². The maximum absolute atomic E-state index is 14.7. The number of aliphatic carboxylic acids is 1. The molecule has 2 heterocycles. The second-order valence-electron chi connectivity index (χ2n) is 9.35. The molecule has 1 amide bonds. The molecule has 10 heteroatoms. The van der Waals surface area contributed by atoms with Gasteiger partial charge in [-0.05, 0) is 23.8 Å². The van der Waals surface area contributed by atoms with Crippen LogP contribution in [0.4, 0.5) is 8.78 Å². The van der Waals surface area contributed by atoms with Crippen molar-refractivity contribution in [2.24, 2.45) is 0 Å². The predicted octanol–water partition coefficient (Wildman–Crippen LogP) is 3.02. The molecule has 1 aromatic heterocycles. The van der Waals surface area contributed by atoms with E-state index in [0.717, 1.165) is 0 Å². The lowest BCUT2D eigenvalue weighted by Gasteiger charge is -2.36. The van der Waals surface area contributed by atoms with Crippen LogP contribution in [0.25, 0.3) is 0 Å². The quantitative estimate of drug-likeness (QED) is 0.572. The van der Waals surface area contributed by atoms with Gasteiger partial charge < -0.3 is 14.7 Å². The summed E-state index contributed by atoms with van der Waals surface area (Å²) in [6, 6.07) is 4.55. The van der Waals surface area contributed by atoms with Crippen LogP contribution >= 0.6 is 0 Å². The third-order valence-corrected chi connectivity index (χ3v) is 7.77. The van der Waals surface area contributed by atoms with Gasteiger partial charge in [0.2, 0.25) is 11.8 Å². The fourth-order valence-corrected chi connectivity index (χ4v) is 5.87. The summed E-state index contributed by atoms with van der Waals surface area (Å²) in [5.74, 6) is -3.02.